The SMILES string of the molecule is C/C1=C/C/C=C(\C)C=C[C@H](C(C)C)CC/C(C)=C\CC1. The Morgan fingerprint density at radius 1 is 0.950 bits per heavy atom. The van der Waals surface area contributed by atoms with E-state index in [9.17, 15) is 0 Å². The summed E-state index contributed by atoms with van der Waals surface area (Å²) in [6, 6.07) is 0. The Labute approximate surface area is 126 Å². The van der Waals surface area contributed by atoms with Gasteiger partial charge in [-0.05, 0) is 64.7 Å². The molecule has 1 atom stereocenters. The van der Waals surface area contributed by atoms with Crippen molar-refractivity contribution in [3.8, 4) is 0 Å². The molecule has 0 heteroatoms. The fourth-order valence-electron chi connectivity index (χ4n) is 2.59. The largest absolute Gasteiger partial charge is 0.0853 e. The molecule has 0 saturated heterocycles. The molecular formula is C20H32. The summed E-state index contributed by atoms with van der Waals surface area (Å²) in [5, 5.41) is 0. The second-order valence-corrected chi connectivity index (χ2v) is 6.63. The van der Waals surface area contributed by atoms with E-state index in [0.29, 0.717) is 5.92 Å². The van der Waals surface area contributed by atoms with Crippen LogP contribution in [0.5, 0.6) is 0 Å². The van der Waals surface area contributed by atoms with E-state index < -0.39 is 0 Å². The van der Waals surface area contributed by atoms with Crippen LogP contribution in [0.15, 0.2) is 47.1 Å². The van der Waals surface area contributed by atoms with Crippen LogP contribution in [0.1, 0.15) is 66.7 Å². The molecule has 1 aliphatic carbocycles. The molecule has 1 rings (SSSR count). The summed E-state index contributed by atoms with van der Waals surface area (Å²) in [6.45, 7) is 11.4. The van der Waals surface area contributed by atoms with Gasteiger partial charge in [0.2, 0.25) is 0 Å². The highest BCUT2D eigenvalue weighted by molar-refractivity contribution is 5.19. The Morgan fingerprint density at radius 3 is 2.35 bits per heavy atom. The average molecular weight is 272 g/mol. The fourth-order valence-corrected chi connectivity index (χ4v) is 2.59. The highest BCUT2D eigenvalue weighted by atomic mass is 14.1. The predicted molar refractivity (Wildman–Crippen MR) is 91.8 cm³/mol. The van der Waals surface area contributed by atoms with E-state index in [4.69, 9.17) is 0 Å². The summed E-state index contributed by atoms with van der Waals surface area (Å²) in [5.74, 6) is 1.42. The van der Waals surface area contributed by atoms with Crippen molar-refractivity contribution in [2.75, 3.05) is 0 Å². The summed E-state index contributed by atoms with van der Waals surface area (Å²) < 4.78 is 0. The lowest BCUT2D eigenvalue weighted by atomic mass is 9.88. The first-order chi connectivity index (χ1) is 9.49. The Hall–Kier alpha value is -1.04. The Morgan fingerprint density at radius 2 is 1.65 bits per heavy atom. The third-order valence-electron chi connectivity index (χ3n) is 4.27. The molecule has 0 saturated carbocycles. The minimum absolute atomic E-state index is 0.696. The van der Waals surface area contributed by atoms with Gasteiger partial charge >= 0.3 is 0 Å². The number of allylic oxidation sites excluding steroid dienone is 8. The highest BCUT2D eigenvalue weighted by Gasteiger charge is 2.09. The van der Waals surface area contributed by atoms with Gasteiger partial charge in [-0.15, -0.1) is 0 Å². The fraction of sp³-hybridized carbons (Fsp3) is 0.600. The van der Waals surface area contributed by atoms with Crippen molar-refractivity contribution in [3.63, 3.8) is 0 Å². The summed E-state index contributed by atoms with van der Waals surface area (Å²) >= 11 is 0. The van der Waals surface area contributed by atoms with Gasteiger partial charge in [-0.2, -0.15) is 0 Å². The minimum atomic E-state index is 0.696. The van der Waals surface area contributed by atoms with Crippen LogP contribution in [0.4, 0.5) is 0 Å². The highest BCUT2D eigenvalue weighted by Crippen LogP contribution is 2.23. The van der Waals surface area contributed by atoms with Crippen LogP contribution < -0.4 is 0 Å². The normalized spacial score (nSPS) is 30.7. The maximum absolute atomic E-state index is 2.44. The molecule has 0 amide bonds. The molecule has 112 valence electrons. The molecule has 0 unspecified atom stereocenters. The van der Waals surface area contributed by atoms with Gasteiger partial charge in [-0.25, -0.2) is 0 Å². The van der Waals surface area contributed by atoms with Crippen molar-refractivity contribution in [2.24, 2.45) is 11.8 Å². The maximum atomic E-state index is 2.44. The lowest BCUT2D eigenvalue weighted by molar-refractivity contribution is 0.435. The lowest BCUT2D eigenvalue weighted by Crippen LogP contribution is -2.05. The third-order valence-corrected chi connectivity index (χ3v) is 4.27. The molecule has 0 bridgehead atoms. The van der Waals surface area contributed by atoms with Crippen molar-refractivity contribution in [2.45, 2.75) is 66.7 Å². The standard InChI is InChI=1S/C20H32/c1-16(2)20-14-12-18(4)10-6-8-17(3)9-7-11-19(5)13-15-20/h8,10-12,14,16,20H,6-7,9,13,15H2,1-5H3/b14-12?,17-8-,18-10+,19-11-/t20-/m0/s1. The van der Waals surface area contributed by atoms with Crippen LogP contribution in [0.2, 0.25) is 0 Å². The van der Waals surface area contributed by atoms with Crippen LogP contribution in [0.25, 0.3) is 0 Å². The summed E-state index contributed by atoms with van der Waals surface area (Å²) in [4.78, 5) is 0. The van der Waals surface area contributed by atoms with Crippen LogP contribution in [-0.4, -0.2) is 0 Å². The van der Waals surface area contributed by atoms with E-state index in [1.54, 1.807) is 5.57 Å². The van der Waals surface area contributed by atoms with E-state index in [0.717, 1.165) is 12.3 Å². The van der Waals surface area contributed by atoms with Crippen LogP contribution in [0.3, 0.4) is 0 Å². The minimum Gasteiger partial charge on any atom is -0.0853 e. The van der Waals surface area contributed by atoms with Crippen LogP contribution in [-0.2, 0) is 0 Å². The number of hydrogen-bond donors (Lipinski definition) is 0. The monoisotopic (exact) mass is 272 g/mol. The average Bonchev–Trinajstić information content (AvgIpc) is 2.37. The van der Waals surface area contributed by atoms with Gasteiger partial charge in [0.15, 0.2) is 0 Å². The van der Waals surface area contributed by atoms with Crippen molar-refractivity contribution >= 4 is 0 Å². The second-order valence-electron chi connectivity index (χ2n) is 6.63. The van der Waals surface area contributed by atoms with Crippen LogP contribution in [0, 0.1) is 11.8 Å². The van der Waals surface area contributed by atoms with Crippen molar-refractivity contribution in [1.29, 1.82) is 0 Å². The topological polar surface area (TPSA) is 0 Å². The summed E-state index contributed by atoms with van der Waals surface area (Å²) in [7, 11) is 0. The number of hydrogen-bond acceptors (Lipinski definition) is 0. The molecule has 0 heterocycles. The molecule has 0 aromatic carbocycles. The molecule has 1 aliphatic rings. The first kappa shape index (κ1) is 17.0. The molecule has 20 heavy (non-hydrogen) atoms. The molecular weight excluding hydrogens is 240 g/mol. The third kappa shape index (κ3) is 6.93. The molecule has 0 N–H and O–H groups in total. The first-order valence-corrected chi connectivity index (χ1v) is 8.15. The van der Waals surface area contributed by atoms with Crippen molar-refractivity contribution in [3.05, 3.63) is 47.1 Å². The van der Waals surface area contributed by atoms with Gasteiger partial charge in [0.1, 0.15) is 0 Å². The van der Waals surface area contributed by atoms with Gasteiger partial charge < -0.3 is 0 Å². The van der Waals surface area contributed by atoms with Gasteiger partial charge in [-0.1, -0.05) is 60.9 Å². The molecule has 0 aliphatic heterocycles. The van der Waals surface area contributed by atoms with E-state index in [1.807, 2.05) is 0 Å². The zero-order chi connectivity index (χ0) is 15.0. The van der Waals surface area contributed by atoms with E-state index in [1.165, 1.54) is 36.8 Å². The summed E-state index contributed by atoms with van der Waals surface area (Å²) in [5.41, 5.74) is 4.46. The van der Waals surface area contributed by atoms with Crippen LogP contribution >= 0.6 is 0 Å². The molecule has 0 nitrogen and oxygen atoms in total. The first-order valence-electron chi connectivity index (χ1n) is 8.15. The van der Waals surface area contributed by atoms with E-state index in [2.05, 4.69) is 65.0 Å². The Bertz CT molecular complexity index is 402. The molecule has 0 spiro atoms. The van der Waals surface area contributed by atoms with Crippen molar-refractivity contribution < 1.29 is 0 Å². The quantitative estimate of drug-likeness (QED) is 0.471. The van der Waals surface area contributed by atoms with Gasteiger partial charge in [0, 0.05) is 0 Å². The van der Waals surface area contributed by atoms with Crippen molar-refractivity contribution in [1.82, 2.24) is 0 Å². The molecule has 0 radical (unpaired) electrons. The smallest absolute Gasteiger partial charge is 0.0161 e. The second kappa shape index (κ2) is 9.00. The predicted octanol–water partition coefficient (Wildman–Crippen LogP) is 6.62. The maximum Gasteiger partial charge on any atom is -0.0161 e. The zero-order valence-corrected chi connectivity index (χ0v) is 14.1. The summed E-state index contributed by atoms with van der Waals surface area (Å²) in [6.07, 6.45) is 17.9. The molecule has 0 aromatic heterocycles. The Balaban J connectivity index is 2.85. The van der Waals surface area contributed by atoms with E-state index in [-0.39, 0.29) is 0 Å². The number of rotatable bonds is 1. The lowest BCUT2D eigenvalue weighted by Gasteiger charge is -2.17. The molecule has 0 aromatic rings. The van der Waals surface area contributed by atoms with Gasteiger partial charge in [0.05, 0.1) is 0 Å². The molecule has 0 fully saturated rings. The zero-order valence-electron chi connectivity index (χ0n) is 14.1. The van der Waals surface area contributed by atoms with E-state index >= 15 is 0 Å². The van der Waals surface area contributed by atoms with Gasteiger partial charge in [0.25, 0.3) is 0 Å². The Kier molecular flexibility index (Phi) is 7.65. The van der Waals surface area contributed by atoms with Gasteiger partial charge in [-0.3, -0.25) is 0 Å².